The van der Waals surface area contributed by atoms with Crippen molar-refractivity contribution >= 4 is 11.4 Å². The summed E-state index contributed by atoms with van der Waals surface area (Å²) >= 11 is 0. The Morgan fingerprint density at radius 2 is 1.07 bits per heavy atom. The van der Waals surface area contributed by atoms with Crippen LogP contribution in [0, 0.1) is 6.20 Å². The lowest BCUT2D eigenvalue weighted by Gasteiger charge is -2.28. The van der Waals surface area contributed by atoms with E-state index in [1.807, 2.05) is 0 Å². The van der Waals surface area contributed by atoms with Crippen LogP contribution in [0.1, 0.15) is 107 Å². The zero-order chi connectivity index (χ0) is 22.2. The van der Waals surface area contributed by atoms with E-state index < -0.39 is 0 Å². The maximum Gasteiger partial charge on any atom is 0.112 e. The molecule has 3 nitrogen and oxygen atoms in total. The molecule has 0 aromatic heterocycles. The van der Waals surface area contributed by atoms with E-state index in [0.717, 1.165) is 5.70 Å². The van der Waals surface area contributed by atoms with E-state index in [4.69, 9.17) is 0 Å². The number of nitrogens with one attached hydrogen (secondary N) is 1. The number of nitrogens with zero attached hydrogens (tertiary/aromatic N) is 2. The van der Waals surface area contributed by atoms with E-state index in [2.05, 4.69) is 121 Å². The molecule has 1 aliphatic rings. The summed E-state index contributed by atoms with van der Waals surface area (Å²) in [6.45, 7) is 18.1. The van der Waals surface area contributed by atoms with Crippen molar-refractivity contribution in [2.24, 2.45) is 0 Å². The first-order valence-corrected chi connectivity index (χ1v) is 11.3. The molecule has 1 heterocycles. The zero-order valence-electron chi connectivity index (χ0n) is 20.2. The lowest BCUT2D eigenvalue weighted by Crippen LogP contribution is -2.39. The fraction of sp³-hybridized carbons (Fsp3) is 0.481. The fourth-order valence-electron chi connectivity index (χ4n) is 4.33. The summed E-state index contributed by atoms with van der Waals surface area (Å²) in [7, 11) is 2.09. The van der Waals surface area contributed by atoms with Crippen LogP contribution in [-0.2, 0) is 0 Å². The van der Waals surface area contributed by atoms with Gasteiger partial charge in [0.25, 0.3) is 0 Å². The molecule has 0 fully saturated rings. The highest BCUT2D eigenvalue weighted by Gasteiger charge is 2.29. The molecule has 0 amide bonds. The predicted molar refractivity (Wildman–Crippen MR) is 129 cm³/mol. The monoisotopic (exact) mass is 404 g/mol. The first-order valence-electron chi connectivity index (χ1n) is 11.3. The van der Waals surface area contributed by atoms with Gasteiger partial charge in [0.15, 0.2) is 0 Å². The molecule has 1 radical (unpaired) electrons. The third-order valence-corrected chi connectivity index (χ3v) is 5.98. The number of hydrazine groups is 2. The maximum atomic E-state index is 3.72. The Hall–Kier alpha value is -2.26. The summed E-state index contributed by atoms with van der Waals surface area (Å²) in [5.41, 5.74) is 12.7. The standard InChI is InChI=1S/C27H38N3/c1-17(2)21-12-10-13-22(18(3)4)26(21)25-16-30(28-29(25)9)27-23(19(5)6)14-11-15-24(27)20(7)8/h10-15,17-20,28H,1-9H3. The summed E-state index contributed by atoms with van der Waals surface area (Å²) in [5, 5.41) is 4.23. The Morgan fingerprint density at radius 3 is 1.47 bits per heavy atom. The van der Waals surface area contributed by atoms with Crippen molar-refractivity contribution in [1.29, 1.82) is 0 Å². The summed E-state index contributed by atoms with van der Waals surface area (Å²) in [6, 6.07) is 13.4. The SMILES string of the molecule is CC(C)c1cccc(C(C)C)c1C1=[C]N(c2c(C(C)C)cccc2C(C)C)NN1C. The first kappa shape index (κ1) is 22.4. The highest BCUT2D eigenvalue weighted by molar-refractivity contribution is 5.74. The van der Waals surface area contributed by atoms with Crippen LogP contribution in [0.3, 0.4) is 0 Å². The van der Waals surface area contributed by atoms with E-state index >= 15 is 0 Å². The second-order valence-electron chi connectivity index (χ2n) is 9.67. The molecule has 0 aliphatic carbocycles. The van der Waals surface area contributed by atoms with Crippen molar-refractivity contribution in [1.82, 2.24) is 10.5 Å². The van der Waals surface area contributed by atoms with Gasteiger partial charge in [-0.05, 0) is 45.9 Å². The van der Waals surface area contributed by atoms with E-state index in [1.165, 1.54) is 33.5 Å². The Labute approximate surface area is 183 Å². The van der Waals surface area contributed by atoms with E-state index in [1.54, 1.807) is 0 Å². The molecular formula is C27H38N3. The second kappa shape index (κ2) is 8.85. The van der Waals surface area contributed by atoms with Gasteiger partial charge in [-0.2, -0.15) is 0 Å². The number of para-hydroxylation sites is 1. The van der Waals surface area contributed by atoms with E-state index in [9.17, 15) is 0 Å². The summed E-state index contributed by atoms with van der Waals surface area (Å²) in [6.07, 6.45) is 3.72. The second-order valence-corrected chi connectivity index (χ2v) is 9.67. The van der Waals surface area contributed by atoms with Crippen molar-refractivity contribution in [3.8, 4) is 0 Å². The van der Waals surface area contributed by atoms with Gasteiger partial charge in [-0.25, -0.2) is 0 Å². The van der Waals surface area contributed by atoms with Crippen molar-refractivity contribution in [2.45, 2.75) is 79.1 Å². The molecule has 0 unspecified atom stereocenters. The minimum absolute atomic E-state index is 0.436. The molecule has 0 bridgehead atoms. The number of benzene rings is 2. The Morgan fingerprint density at radius 1 is 0.667 bits per heavy atom. The van der Waals surface area contributed by atoms with Crippen LogP contribution in [0.15, 0.2) is 36.4 Å². The third kappa shape index (κ3) is 4.13. The van der Waals surface area contributed by atoms with Gasteiger partial charge in [-0.3, -0.25) is 10.0 Å². The van der Waals surface area contributed by atoms with Gasteiger partial charge in [-0.1, -0.05) is 91.8 Å². The molecule has 0 spiro atoms. The van der Waals surface area contributed by atoms with Gasteiger partial charge >= 0.3 is 0 Å². The highest BCUT2D eigenvalue weighted by Crippen LogP contribution is 2.40. The van der Waals surface area contributed by atoms with Crippen molar-refractivity contribution in [3.63, 3.8) is 0 Å². The smallest absolute Gasteiger partial charge is 0.112 e. The average Bonchev–Trinajstić information content (AvgIpc) is 3.07. The van der Waals surface area contributed by atoms with Crippen LogP contribution >= 0.6 is 0 Å². The molecule has 2 aromatic rings. The summed E-state index contributed by atoms with van der Waals surface area (Å²) in [5.74, 6) is 1.77. The van der Waals surface area contributed by atoms with Crippen LogP contribution in [0.5, 0.6) is 0 Å². The molecule has 0 atom stereocenters. The first-order chi connectivity index (χ1) is 14.1. The Balaban J connectivity index is 2.20. The maximum absolute atomic E-state index is 3.72. The summed E-state index contributed by atoms with van der Waals surface area (Å²) in [4.78, 5) is 0. The average molecular weight is 405 g/mol. The van der Waals surface area contributed by atoms with Gasteiger partial charge in [0, 0.05) is 12.6 Å². The fourth-order valence-corrected chi connectivity index (χ4v) is 4.33. The van der Waals surface area contributed by atoms with Gasteiger partial charge in [0.1, 0.15) is 6.20 Å². The van der Waals surface area contributed by atoms with Gasteiger partial charge in [-0.15, -0.1) is 5.53 Å². The normalized spacial score (nSPS) is 14.6. The number of hydrogen-bond donors (Lipinski definition) is 1. The molecule has 0 saturated heterocycles. The topological polar surface area (TPSA) is 18.5 Å². The minimum Gasteiger partial charge on any atom is -0.291 e. The van der Waals surface area contributed by atoms with Crippen LogP contribution in [-0.4, -0.2) is 12.1 Å². The van der Waals surface area contributed by atoms with Crippen LogP contribution in [0.4, 0.5) is 5.69 Å². The quantitative estimate of drug-likeness (QED) is 0.551. The molecule has 3 heteroatoms. The molecular weight excluding hydrogens is 366 g/mol. The van der Waals surface area contributed by atoms with Gasteiger partial charge in [0.2, 0.25) is 0 Å². The Kier molecular flexibility index (Phi) is 6.62. The van der Waals surface area contributed by atoms with Crippen molar-refractivity contribution in [2.75, 3.05) is 12.1 Å². The largest absolute Gasteiger partial charge is 0.291 e. The molecule has 3 rings (SSSR count). The summed E-state index contributed by atoms with van der Waals surface area (Å²) < 4.78 is 0. The minimum atomic E-state index is 0.436. The molecule has 1 aliphatic heterocycles. The van der Waals surface area contributed by atoms with E-state index in [-0.39, 0.29) is 0 Å². The van der Waals surface area contributed by atoms with Crippen LogP contribution in [0.25, 0.3) is 5.70 Å². The molecule has 0 saturated carbocycles. The van der Waals surface area contributed by atoms with Crippen molar-refractivity contribution in [3.05, 3.63) is 70.4 Å². The lowest BCUT2D eigenvalue weighted by molar-refractivity contribution is 0.373. The number of anilines is 1. The van der Waals surface area contributed by atoms with Gasteiger partial charge < -0.3 is 0 Å². The van der Waals surface area contributed by atoms with Crippen LogP contribution < -0.4 is 10.5 Å². The molecule has 1 N–H and O–H groups in total. The zero-order valence-corrected chi connectivity index (χ0v) is 20.2. The third-order valence-electron chi connectivity index (χ3n) is 5.98. The predicted octanol–water partition coefficient (Wildman–Crippen LogP) is 7.15. The number of hydrogen-bond acceptors (Lipinski definition) is 3. The molecule has 161 valence electrons. The van der Waals surface area contributed by atoms with Crippen LogP contribution in [0.2, 0.25) is 0 Å². The molecule has 2 aromatic carbocycles. The number of rotatable bonds is 6. The highest BCUT2D eigenvalue weighted by atomic mass is 15.8. The molecule has 30 heavy (non-hydrogen) atoms. The van der Waals surface area contributed by atoms with Gasteiger partial charge in [0.05, 0.1) is 11.4 Å². The Bertz CT molecular complexity index is 869. The van der Waals surface area contributed by atoms with Crippen molar-refractivity contribution < 1.29 is 0 Å². The van der Waals surface area contributed by atoms with E-state index in [0.29, 0.717) is 23.7 Å². The lowest BCUT2D eigenvalue weighted by atomic mass is 9.87.